The van der Waals surface area contributed by atoms with Gasteiger partial charge >= 0.3 is 5.69 Å². The van der Waals surface area contributed by atoms with E-state index in [0.717, 1.165) is 5.56 Å². The highest BCUT2D eigenvalue weighted by Crippen LogP contribution is 2.27. The number of methoxy groups -OCH3 is 1. The maximum Gasteiger partial charge on any atom is 0.311 e. The number of nitrogens with zero attached hydrogens (tertiary/aromatic N) is 1. The van der Waals surface area contributed by atoms with Crippen LogP contribution in [0.25, 0.3) is 6.08 Å². The molecular weight excluding hydrogens is 214 g/mol. The van der Waals surface area contributed by atoms with E-state index in [0.29, 0.717) is 5.75 Å². The molecule has 0 spiro atoms. The minimum atomic E-state index is -0.461. The van der Waals surface area contributed by atoms with Gasteiger partial charge in [-0.1, -0.05) is 18.2 Å². The van der Waals surface area contributed by atoms with E-state index in [9.17, 15) is 10.1 Å². The molecule has 0 aromatic heterocycles. The van der Waals surface area contributed by atoms with Crippen LogP contribution in [0.2, 0.25) is 0 Å². The lowest BCUT2D eigenvalue weighted by Gasteiger charge is -2.01. The second kappa shape index (κ2) is 5.41. The molecule has 0 fully saturated rings. The van der Waals surface area contributed by atoms with Gasteiger partial charge in [-0.05, 0) is 11.6 Å². The normalized spacial score (nSPS) is 10.5. The summed E-state index contributed by atoms with van der Waals surface area (Å²) in [6.45, 7) is 0. The summed E-state index contributed by atoms with van der Waals surface area (Å²) < 4.78 is 4.89. The van der Waals surface area contributed by atoms with Crippen LogP contribution in [0, 0.1) is 10.1 Å². The van der Waals surface area contributed by atoms with Crippen LogP contribution in [0.15, 0.2) is 24.3 Å². The van der Waals surface area contributed by atoms with Crippen molar-refractivity contribution in [2.24, 2.45) is 0 Å². The van der Waals surface area contributed by atoms with E-state index in [1.165, 1.54) is 13.2 Å². The fourth-order valence-electron chi connectivity index (χ4n) is 1.14. The van der Waals surface area contributed by atoms with E-state index in [2.05, 4.69) is 12.6 Å². The second-order valence-electron chi connectivity index (χ2n) is 2.77. The third kappa shape index (κ3) is 2.99. The van der Waals surface area contributed by atoms with Crippen LogP contribution in [0.4, 0.5) is 5.69 Å². The third-order valence-corrected chi connectivity index (χ3v) is 2.03. The summed E-state index contributed by atoms with van der Waals surface area (Å²) in [5.41, 5.74) is 0.732. The van der Waals surface area contributed by atoms with E-state index in [4.69, 9.17) is 4.74 Å². The van der Waals surface area contributed by atoms with Crippen molar-refractivity contribution in [3.8, 4) is 5.75 Å². The average molecular weight is 225 g/mol. The standard InChI is InChI=1S/C10H11NO3S/c1-14-10-5-4-8(3-2-6-15)7-9(10)11(12)13/h2-5,7,15H,6H2,1H3. The predicted octanol–water partition coefficient (Wildman–Crippen LogP) is 2.55. The van der Waals surface area contributed by atoms with Gasteiger partial charge in [0.05, 0.1) is 12.0 Å². The number of hydrogen-bond donors (Lipinski definition) is 1. The van der Waals surface area contributed by atoms with E-state index >= 15 is 0 Å². The zero-order chi connectivity index (χ0) is 11.3. The van der Waals surface area contributed by atoms with Crippen LogP contribution >= 0.6 is 12.6 Å². The Morgan fingerprint density at radius 3 is 2.87 bits per heavy atom. The Bertz CT molecular complexity index is 390. The minimum absolute atomic E-state index is 0.0289. The summed E-state index contributed by atoms with van der Waals surface area (Å²) >= 11 is 4.01. The zero-order valence-electron chi connectivity index (χ0n) is 8.21. The molecule has 0 saturated carbocycles. The van der Waals surface area contributed by atoms with Gasteiger partial charge in [-0.15, -0.1) is 0 Å². The lowest BCUT2D eigenvalue weighted by molar-refractivity contribution is -0.385. The number of thiol groups is 1. The molecule has 0 aliphatic rings. The molecule has 0 radical (unpaired) electrons. The molecule has 0 amide bonds. The quantitative estimate of drug-likeness (QED) is 0.486. The highest BCUT2D eigenvalue weighted by Gasteiger charge is 2.13. The Kier molecular flexibility index (Phi) is 4.17. The van der Waals surface area contributed by atoms with Gasteiger partial charge in [0.25, 0.3) is 0 Å². The van der Waals surface area contributed by atoms with Gasteiger partial charge in [0.15, 0.2) is 5.75 Å². The molecular formula is C10H11NO3S. The van der Waals surface area contributed by atoms with Crippen LogP contribution in [0.3, 0.4) is 0 Å². The van der Waals surface area contributed by atoms with Crippen molar-refractivity contribution in [2.75, 3.05) is 12.9 Å². The monoisotopic (exact) mass is 225 g/mol. The molecule has 80 valence electrons. The molecule has 0 N–H and O–H groups in total. The highest BCUT2D eigenvalue weighted by atomic mass is 32.1. The van der Waals surface area contributed by atoms with Crippen molar-refractivity contribution in [3.05, 3.63) is 40.0 Å². The van der Waals surface area contributed by atoms with E-state index in [1.54, 1.807) is 18.2 Å². The van der Waals surface area contributed by atoms with Crippen LogP contribution in [0.1, 0.15) is 5.56 Å². The Morgan fingerprint density at radius 1 is 1.60 bits per heavy atom. The first-order valence-corrected chi connectivity index (χ1v) is 4.92. The molecule has 0 atom stereocenters. The first-order chi connectivity index (χ1) is 7.19. The van der Waals surface area contributed by atoms with Crippen LogP contribution in [0.5, 0.6) is 5.75 Å². The van der Waals surface area contributed by atoms with Crippen molar-refractivity contribution in [3.63, 3.8) is 0 Å². The molecule has 1 rings (SSSR count). The Balaban J connectivity index is 3.10. The summed E-state index contributed by atoms with van der Waals surface area (Å²) in [6.07, 6.45) is 3.59. The average Bonchev–Trinajstić information content (AvgIpc) is 2.25. The first kappa shape index (κ1) is 11.6. The molecule has 1 aromatic rings. The summed E-state index contributed by atoms with van der Waals surface area (Å²) in [6, 6.07) is 4.81. The van der Waals surface area contributed by atoms with Crippen molar-refractivity contribution in [1.82, 2.24) is 0 Å². The molecule has 5 heteroatoms. The third-order valence-electron chi connectivity index (χ3n) is 1.82. The largest absolute Gasteiger partial charge is 0.490 e. The van der Waals surface area contributed by atoms with E-state index in [-0.39, 0.29) is 11.4 Å². The van der Waals surface area contributed by atoms with Gasteiger partial charge < -0.3 is 4.74 Å². The number of ether oxygens (including phenoxy) is 1. The zero-order valence-corrected chi connectivity index (χ0v) is 9.11. The van der Waals surface area contributed by atoms with Crippen LogP contribution < -0.4 is 4.74 Å². The van der Waals surface area contributed by atoms with Crippen molar-refractivity contribution >= 4 is 24.4 Å². The minimum Gasteiger partial charge on any atom is -0.490 e. The molecule has 0 heterocycles. The SMILES string of the molecule is COc1ccc(C=CCS)cc1[N+](=O)[O-]. The van der Waals surface area contributed by atoms with Crippen molar-refractivity contribution < 1.29 is 9.66 Å². The molecule has 0 unspecified atom stereocenters. The highest BCUT2D eigenvalue weighted by molar-refractivity contribution is 7.80. The number of benzene rings is 1. The van der Waals surface area contributed by atoms with Crippen molar-refractivity contribution in [2.45, 2.75) is 0 Å². The predicted molar refractivity (Wildman–Crippen MR) is 62.5 cm³/mol. The summed E-state index contributed by atoms with van der Waals surface area (Å²) in [4.78, 5) is 10.2. The van der Waals surface area contributed by atoms with Crippen molar-refractivity contribution in [1.29, 1.82) is 0 Å². The van der Waals surface area contributed by atoms with Gasteiger partial charge in [0, 0.05) is 11.8 Å². The lowest BCUT2D eigenvalue weighted by Crippen LogP contribution is -1.93. The van der Waals surface area contributed by atoms with E-state index < -0.39 is 4.92 Å². The maximum atomic E-state index is 10.7. The smallest absolute Gasteiger partial charge is 0.311 e. The Morgan fingerprint density at radius 2 is 2.33 bits per heavy atom. The molecule has 15 heavy (non-hydrogen) atoms. The number of hydrogen-bond acceptors (Lipinski definition) is 4. The topological polar surface area (TPSA) is 52.4 Å². The molecule has 0 aliphatic carbocycles. The lowest BCUT2D eigenvalue weighted by atomic mass is 10.2. The maximum absolute atomic E-state index is 10.7. The fourth-order valence-corrected chi connectivity index (χ4v) is 1.25. The van der Waals surface area contributed by atoms with Gasteiger partial charge in [0.2, 0.25) is 0 Å². The molecule has 4 nitrogen and oxygen atoms in total. The van der Waals surface area contributed by atoms with Gasteiger partial charge in [-0.2, -0.15) is 12.6 Å². The second-order valence-corrected chi connectivity index (χ2v) is 3.14. The summed E-state index contributed by atoms with van der Waals surface area (Å²) in [7, 11) is 1.41. The van der Waals surface area contributed by atoms with Gasteiger partial charge in [0.1, 0.15) is 0 Å². The number of nitro benzene ring substituents is 1. The van der Waals surface area contributed by atoms with Crippen LogP contribution in [-0.4, -0.2) is 17.8 Å². The molecule has 0 aliphatic heterocycles. The van der Waals surface area contributed by atoms with Crippen LogP contribution in [-0.2, 0) is 0 Å². The number of rotatable bonds is 4. The summed E-state index contributed by atoms with van der Waals surface area (Å²) in [5.74, 6) is 0.864. The molecule has 1 aromatic carbocycles. The molecule has 0 bridgehead atoms. The first-order valence-electron chi connectivity index (χ1n) is 4.29. The fraction of sp³-hybridized carbons (Fsp3) is 0.200. The van der Waals surface area contributed by atoms with Gasteiger partial charge in [-0.25, -0.2) is 0 Å². The summed E-state index contributed by atoms with van der Waals surface area (Å²) in [5, 5.41) is 10.7. The Labute approximate surface area is 93.1 Å². The molecule has 0 saturated heterocycles. The van der Waals surface area contributed by atoms with Gasteiger partial charge in [-0.3, -0.25) is 10.1 Å². The van der Waals surface area contributed by atoms with E-state index in [1.807, 2.05) is 6.08 Å². The Hall–Kier alpha value is -1.49. The number of nitro groups is 1.